The second-order valence-corrected chi connectivity index (χ2v) is 6.67. The summed E-state index contributed by atoms with van der Waals surface area (Å²) in [7, 11) is 1.72. The van der Waals surface area contributed by atoms with Crippen molar-refractivity contribution in [3.05, 3.63) is 55.9 Å². The highest BCUT2D eigenvalue weighted by Crippen LogP contribution is 2.22. The van der Waals surface area contributed by atoms with Crippen LogP contribution in [-0.2, 0) is 6.54 Å². The Balaban J connectivity index is 2.16. The molecule has 2 aromatic rings. The number of halogens is 2. The fourth-order valence-corrected chi connectivity index (χ4v) is 3.00. The summed E-state index contributed by atoms with van der Waals surface area (Å²) in [6.45, 7) is 2.32. The van der Waals surface area contributed by atoms with Gasteiger partial charge in [-0.15, -0.1) is 11.3 Å². The molecule has 0 N–H and O–H groups in total. The van der Waals surface area contributed by atoms with Crippen LogP contribution in [0, 0.1) is 12.7 Å². The SMILES string of the molecule is Cc1ccc(F)cc1C(=O)N(C)Cc1csc(Br)c1. The predicted molar refractivity (Wildman–Crippen MR) is 79.0 cm³/mol. The second kappa shape index (κ2) is 5.84. The monoisotopic (exact) mass is 341 g/mol. The van der Waals surface area contributed by atoms with Crippen molar-refractivity contribution in [2.24, 2.45) is 0 Å². The molecule has 1 aromatic carbocycles. The van der Waals surface area contributed by atoms with Gasteiger partial charge in [0.2, 0.25) is 0 Å². The fraction of sp³-hybridized carbons (Fsp3) is 0.214. The van der Waals surface area contributed by atoms with Crippen LogP contribution >= 0.6 is 27.3 Å². The first kappa shape index (κ1) is 14.2. The second-order valence-electron chi connectivity index (χ2n) is 4.38. The van der Waals surface area contributed by atoms with E-state index in [2.05, 4.69) is 15.9 Å². The van der Waals surface area contributed by atoms with Gasteiger partial charge in [0.1, 0.15) is 5.82 Å². The Bertz CT molecular complexity index is 611. The van der Waals surface area contributed by atoms with Crippen molar-refractivity contribution in [3.63, 3.8) is 0 Å². The number of thiophene rings is 1. The molecule has 0 aliphatic rings. The van der Waals surface area contributed by atoms with Crippen molar-refractivity contribution < 1.29 is 9.18 Å². The number of amides is 1. The molecule has 0 fully saturated rings. The Morgan fingerprint density at radius 1 is 1.42 bits per heavy atom. The molecule has 0 aliphatic heterocycles. The van der Waals surface area contributed by atoms with Gasteiger partial charge in [0.05, 0.1) is 3.79 Å². The first-order valence-corrected chi connectivity index (χ1v) is 7.39. The number of carbonyl (C=O) groups is 1. The minimum atomic E-state index is -0.388. The molecule has 100 valence electrons. The molecule has 0 saturated carbocycles. The maximum absolute atomic E-state index is 13.2. The summed E-state index contributed by atoms with van der Waals surface area (Å²) < 4.78 is 14.3. The van der Waals surface area contributed by atoms with E-state index in [9.17, 15) is 9.18 Å². The fourth-order valence-electron chi connectivity index (χ4n) is 1.80. The standard InChI is InChI=1S/C14H13BrFNOS/c1-9-3-4-11(16)6-12(9)14(18)17(2)7-10-5-13(15)19-8-10/h3-6,8H,7H2,1-2H3. The molecule has 19 heavy (non-hydrogen) atoms. The average Bonchev–Trinajstić information content (AvgIpc) is 2.77. The summed E-state index contributed by atoms with van der Waals surface area (Å²) in [5.74, 6) is -0.556. The molecule has 0 atom stereocenters. The highest BCUT2D eigenvalue weighted by atomic mass is 79.9. The van der Waals surface area contributed by atoms with E-state index in [1.54, 1.807) is 29.4 Å². The first-order chi connectivity index (χ1) is 8.97. The van der Waals surface area contributed by atoms with Crippen LogP contribution in [0.4, 0.5) is 4.39 Å². The van der Waals surface area contributed by atoms with Crippen molar-refractivity contribution in [3.8, 4) is 0 Å². The van der Waals surface area contributed by atoms with Gasteiger partial charge in [0.25, 0.3) is 5.91 Å². The quantitative estimate of drug-likeness (QED) is 0.817. The summed E-state index contributed by atoms with van der Waals surface area (Å²) in [4.78, 5) is 13.9. The van der Waals surface area contributed by atoms with Gasteiger partial charge in [0.15, 0.2) is 0 Å². The zero-order valence-corrected chi connectivity index (χ0v) is 13.0. The van der Waals surface area contributed by atoms with E-state index < -0.39 is 0 Å². The number of hydrogen-bond donors (Lipinski definition) is 0. The van der Waals surface area contributed by atoms with E-state index in [0.29, 0.717) is 12.1 Å². The number of hydrogen-bond acceptors (Lipinski definition) is 2. The molecule has 1 heterocycles. The van der Waals surface area contributed by atoms with Gasteiger partial charge in [-0.1, -0.05) is 6.07 Å². The number of benzene rings is 1. The van der Waals surface area contributed by atoms with Crippen LogP contribution in [0.2, 0.25) is 0 Å². The third-order valence-electron chi connectivity index (χ3n) is 2.82. The number of aryl methyl sites for hydroxylation is 1. The van der Waals surface area contributed by atoms with Gasteiger partial charge in [-0.3, -0.25) is 4.79 Å². The molecule has 5 heteroatoms. The maximum atomic E-state index is 13.2. The third kappa shape index (κ3) is 3.42. The normalized spacial score (nSPS) is 10.5. The predicted octanol–water partition coefficient (Wildman–Crippen LogP) is 4.23. The summed E-state index contributed by atoms with van der Waals surface area (Å²) in [6.07, 6.45) is 0. The molecule has 1 amide bonds. The van der Waals surface area contributed by atoms with Crippen molar-refractivity contribution in [1.29, 1.82) is 0 Å². The van der Waals surface area contributed by atoms with Gasteiger partial charge in [-0.25, -0.2) is 4.39 Å². The molecule has 2 nitrogen and oxygen atoms in total. The molecular formula is C14H13BrFNOS. The zero-order valence-electron chi connectivity index (χ0n) is 10.6. The summed E-state index contributed by atoms with van der Waals surface area (Å²) >= 11 is 4.97. The van der Waals surface area contributed by atoms with Crippen LogP contribution < -0.4 is 0 Å². The van der Waals surface area contributed by atoms with E-state index >= 15 is 0 Å². The van der Waals surface area contributed by atoms with Gasteiger partial charge < -0.3 is 4.90 Å². The number of carbonyl (C=O) groups excluding carboxylic acids is 1. The topological polar surface area (TPSA) is 20.3 Å². The average molecular weight is 342 g/mol. The highest BCUT2D eigenvalue weighted by molar-refractivity contribution is 9.11. The molecule has 0 unspecified atom stereocenters. The lowest BCUT2D eigenvalue weighted by molar-refractivity contribution is 0.0784. The molecule has 0 aliphatic carbocycles. The molecular weight excluding hydrogens is 329 g/mol. The van der Waals surface area contributed by atoms with Crippen molar-refractivity contribution >= 4 is 33.2 Å². The highest BCUT2D eigenvalue weighted by Gasteiger charge is 2.15. The van der Waals surface area contributed by atoms with E-state index in [1.807, 2.05) is 18.4 Å². The van der Waals surface area contributed by atoms with E-state index in [1.165, 1.54) is 12.1 Å². The van der Waals surface area contributed by atoms with Crippen molar-refractivity contribution in [2.45, 2.75) is 13.5 Å². The Labute approximate surface area is 124 Å². The Hall–Kier alpha value is -1.20. The van der Waals surface area contributed by atoms with E-state index in [4.69, 9.17) is 0 Å². The van der Waals surface area contributed by atoms with Gasteiger partial charge in [0, 0.05) is 19.2 Å². The Morgan fingerprint density at radius 3 is 2.79 bits per heavy atom. The van der Waals surface area contributed by atoms with Crippen LogP contribution in [0.5, 0.6) is 0 Å². The van der Waals surface area contributed by atoms with E-state index in [0.717, 1.165) is 14.9 Å². The smallest absolute Gasteiger partial charge is 0.254 e. The van der Waals surface area contributed by atoms with Crippen LogP contribution in [0.1, 0.15) is 21.5 Å². The van der Waals surface area contributed by atoms with E-state index in [-0.39, 0.29) is 11.7 Å². The first-order valence-electron chi connectivity index (χ1n) is 5.72. The molecule has 1 aromatic heterocycles. The maximum Gasteiger partial charge on any atom is 0.254 e. The number of nitrogens with zero attached hydrogens (tertiary/aromatic N) is 1. The molecule has 0 saturated heterocycles. The summed E-state index contributed by atoms with van der Waals surface area (Å²) in [5, 5.41) is 1.99. The van der Waals surface area contributed by atoms with Crippen LogP contribution in [0.25, 0.3) is 0 Å². The van der Waals surface area contributed by atoms with Crippen LogP contribution in [0.15, 0.2) is 33.4 Å². The lowest BCUT2D eigenvalue weighted by Gasteiger charge is -2.17. The van der Waals surface area contributed by atoms with Gasteiger partial charge >= 0.3 is 0 Å². The number of rotatable bonds is 3. The molecule has 0 spiro atoms. The van der Waals surface area contributed by atoms with Gasteiger partial charge in [-0.2, -0.15) is 0 Å². The minimum Gasteiger partial charge on any atom is -0.337 e. The van der Waals surface area contributed by atoms with Crippen LogP contribution in [-0.4, -0.2) is 17.9 Å². The minimum absolute atomic E-state index is 0.167. The van der Waals surface area contributed by atoms with Crippen molar-refractivity contribution in [1.82, 2.24) is 4.90 Å². The summed E-state index contributed by atoms with van der Waals surface area (Å²) in [5.41, 5.74) is 2.25. The zero-order chi connectivity index (χ0) is 14.0. The Kier molecular flexibility index (Phi) is 4.37. The molecule has 0 bridgehead atoms. The van der Waals surface area contributed by atoms with Crippen LogP contribution in [0.3, 0.4) is 0 Å². The Morgan fingerprint density at radius 2 is 2.16 bits per heavy atom. The third-order valence-corrected chi connectivity index (χ3v) is 4.37. The largest absolute Gasteiger partial charge is 0.337 e. The van der Waals surface area contributed by atoms with Gasteiger partial charge in [-0.05, 0) is 57.6 Å². The lowest BCUT2D eigenvalue weighted by Crippen LogP contribution is -2.26. The van der Waals surface area contributed by atoms with Crippen molar-refractivity contribution in [2.75, 3.05) is 7.05 Å². The molecule has 0 radical (unpaired) electrons. The summed E-state index contributed by atoms with van der Waals surface area (Å²) in [6, 6.07) is 6.25. The molecule has 2 rings (SSSR count). The lowest BCUT2D eigenvalue weighted by atomic mass is 10.1.